The topological polar surface area (TPSA) is 43.8 Å². The van der Waals surface area contributed by atoms with Gasteiger partial charge in [-0.25, -0.2) is 4.79 Å². The van der Waals surface area contributed by atoms with E-state index in [9.17, 15) is 4.79 Å². The van der Waals surface area contributed by atoms with Gasteiger partial charge in [0.25, 0.3) is 0 Å². The molecule has 0 bridgehead atoms. The first-order valence-corrected chi connectivity index (χ1v) is 6.80. The summed E-state index contributed by atoms with van der Waals surface area (Å²) in [5.41, 5.74) is 1.17. The molecule has 1 fully saturated rings. The van der Waals surface area contributed by atoms with E-state index in [1.54, 1.807) is 11.8 Å². The van der Waals surface area contributed by atoms with Crippen LogP contribution in [0.4, 0.5) is 10.5 Å². The van der Waals surface area contributed by atoms with Gasteiger partial charge in [0, 0.05) is 36.8 Å². The van der Waals surface area contributed by atoms with Gasteiger partial charge in [-0.2, -0.15) is 0 Å². The van der Waals surface area contributed by atoms with Crippen molar-refractivity contribution in [1.29, 1.82) is 0 Å². The van der Waals surface area contributed by atoms with Crippen LogP contribution in [-0.2, 0) is 0 Å². The highest BCUT2D eigenvalue weighted by Crippen LogP contribution is 2.21. The van der Waals surface area contributed by atoms with Crippen molar-refractivity contribution in [3.05, 3.63) is 24.3 Å². The second-order valence-electron chi connectivity index (χ2n) is 3.95. The third-order valence-corrected chi connectivity index (χ3v) is 3.73. The number of amides is 1. The van der Waals surface area contributed by atoms with Crippen molar-refractivity contribution in [3.8, 4) is 0 Å². The standard InChI is InChI=1S/C12H16N2O2S/c1-17-11-4-2-10(3-5-11)13-6-8-14(9-7-13)12(15)16/h2-5H,6-9H2,1H3,(H,15,16). The molecule has 4 nitrogen and oxygen atoms in total. The Morgan fingerprint density at radius 2 is 1.76 bits per heavy atom. The van der Waals surface area contributed by atoms with Crippen LogP contribution in [0.2, 0.25) is 0 Å². The first-order chi connectivity index (χ1) is 8.20. The molecule has 1 aromatic rings. The van der Waals surface area contributed by atoms with Gasteiger partial charge in [-0.3, -0.25) is 0 Å². The number of carbonyl (C=O) groups is 1. The van der Waals surface area contributed by atoms with Crippen LogP contribution in [0.15, 0.2) is 29.2 Å². The van der Waals surface area contributed by atoms with E-state index in [0.29, 0.717) is 13.1 Å². The fourth-order valence-corrected chi connectivity index (χ4v) is 2.36. The smallest absolute Gasteiger partial charge is 0.407 e. The molecule has 0 saturated carbocycles. The van der Waals surface area contributed by atoms with Crippen LogP contribution in [0.1, 0.15) is 0 Å². The molecule has 0 radical (unpaired) electrons. The Morgan fingerprint density at radius 1 is 1.18 bits per heavy atom. The Balaban J connectivity index is 1.97. The highest BCUT2D eigenvalue weighted by atomic mass is 32.2. The number of rotatable bonds is 2. The molecule has 0 aromatic heterocycles. The predicted molar refractivity (Wildman–Crippen MR) is 70.0 cm³/mol. The Morgan fingerprint density at radius 3 is 2.24 bits per heavy atom. The van der Waals surface area contributed by atoms with Crippen LogP contribution < -0.4 is 4.90 Å². The van der Waals surface area contributed by atoms with E-state index in [2.05, 4.69) is 35.4 Å². The van der Waals surface area contributed by atoms with Gasteiger partial charge >= 0.3 is 6.09 Å². The van der Waals surface area contributed by atoms with Gasteiger partial charge in [0.15, 0.2) is 0 Å². The average molecular weight is 252 g/mol. The van der Waals surface area contributed by atoms with Gasteiger partial charge < -0.3 is 14.9 Å². The molecule has 0 atom stereocenters. The maximum Gasteiger partial charge on any atom is 0.407 e. The molecule has 0 spiro atoms. The summed E-state index contributed by atoms with van der Waals surface area (Å²) in [6, 6.07) is 8.40. The summed E-state index contributed by atoms with van der Waals surface area (Å²) in [6.07, 6.45) is 1.24. The number of thioether (sulfide) groups is 1. The van der Waals surface area contributed by atoms with Crippen molar-refractivity contribution in [1.82, 2.24) is 4.90 Å². The first kappa shape index (κ1) is 12.1. The lowest BCUT2D eigenvalue weighted by Gasteiger charge is -2.34. The van der Waals surface area contributed by atoms with E-state index in [-0.39, 0.29) is 0 Å². The molecule has 0 unspecified atom stereocenters. The predicted octanol–water partition coefficient (Wildman–Crippen LogP) is 2.21. The zero-order valence-electron chi connectivity index (χ0n) is 9.80. The van der Waals surface area contributed by atoms with Crippen LogP contribution in [0, 0.1) is 0 Å². The molecule has 1 aliphatic rings. The van der Waals surface area contributed by atoms with Gasteiger partial charge in [0.05, 0.1) is 0 Å². The highest BCUT2D eigenvalue weighted by Gasteiger charge is 2.20. The molecule has 1 N–H and O–H groups in total. The quantitative estimate of drug-likeness (QED) is 0.820. The van der Waals surface area contributed by atoms with Gasteiger partial charge in [-0.1, -0.05) is 0 Å². The molecule has 1 saturated heterocycles. The zero-order valence-corrected chi connectivity index (χ0v) is 10.6. The molecular formula is C12H16N2O2S. The molecule has 5 heteroatoms. The Bertz CT molecular complexity index is 386. The van der Waals surface area contributed by atoms with E-state index in [1.807, 2.05) is 0 Å². The molecule has 0 aliphatic carbocycles. The van der Waals surface area contributed by atoms with Crippen molar-refractivity contribution in [2.75, 3.05) is 37.3 Å². The van der Waals surface area contributed by atoms with Gasteiger partial charge in [-0.05, 0) is 30.5 Å². The number of benzene rings is 1. The minimum absolute atomic E-state index is 0.583. The van der Waals surface area contributed by atoms with Crippen LogP contribution in [0.25, 0.3) is 0 Å². The molecule has 1 aromatic carbocycles. The van der Waals surface area contributed by atoms with E-state index < -0.39 is 6.09 Å². The Labute approximate surface area is 105 Å². The zero-order chi connectivity index (χ0) is 12.3. The minimum atomic E-state index is -0.817. The number of anilines is 1. The van der Waals surface area contributed by atoms with Gasteiger partial charge in [-0.15, -0.1) is 11.8 Å². The first-order valence-electron chi connectivity index (χ1n) is 5.57. The Kier molecular flexibility index (Phi) is 3.78. The number of carboxylic acid groups (broad SMARTS) is 1. The summed E-state index contributed by atoms with van der Waals surface area (Å²) in [5, 5.41) is 8.87. The summed E-state index contributed by atoms with van der Waals surface area (Å²) in [4.78, 5) is 15.7. The number of piperazine rings is 1. The molecule has 92 valence electrons. The molecule has 2 rings (SSSR count). The minimum Gasteiger partial charge on any atom is -0.465 e. The third-order valence-electron chi connectivity index (χ3n) is 2.99. The van der Waals surface area contributed by atoms with E-state index in [4.69, 9.17) is 5.11 Å². The lowest BCUT2D eigenvalue weighted by molar-refractivity contribution is 0.142. The van der Waals surface area contributed by atoms with Crippen molar-refractivity contribution in [3.63, 3.8) is 0 Å². The summed E-state index contributed by atoms with van der Waals surface area (Å²) in [5.74, 6) is 0. The summed E-state index contributed by atoms with van der Waals surface area (Å²) in [6.45, 7) is 2.70. The number of nitrogens with zero attached hydrogens (tertiary/aromatic N) is 2. The fourth-order valence-electron chi connectivity index (χ4n) is 1.95. The van der Waals surface area contributed by atoms with Gasteiger partial charge in [0.2, 0.25) is 0 Å². The molecule has 1 amide bonds. The number of hydrogen-bond acceptors (Lipinski definition) is 3. The second kappa shape index (κ2) is 5.31. The molecule has 1 heterocycles. The van der Waals surface area contributed by atoms with Crippen molar-refractivity contribution in [2.24, 2.45) is 0 Å². The number of hydrogen-bond donors (Lipinski definition) is 1. The average Bonchev–Trinajstić information content (AvgIpc) is 2.39. The maximum atomic E-state index is 10.8. The van der Waals surface area contributed by atoms with E-state index in [0.717, 1.165) is 13.1 Å². The molecular weight excluding hydrogens is 236 g/mol. The third kappa shape index (κ3) is 2.85. The van der Waals surface area contributed by atoms with Crippen molar-refractivity contribution in [2.45, 2.75) is 4.90 Å². The monoisotopic (exact) mass is 252 g/mol. The maximum absolute atomic E-state index is 10.8. The summed E-state index contributed by atoms with van der Waals surface area (Å²) in [7, 11) is 0. The Hall–Kier alpha value is -1.36. The SMILES string of the molecule is CSc1ccc(N2CCN(C(=O)O)CC2)cc1. The van der Waals surface area contributed by atoms with Crippen molar-refractivity contribution < 1.29 is 9.90 Å². The highest BCUT2D eigenvalue weighted by molar-refractivity contribution is 7.98. The van der Waals surface area contributed by atoms with Crippen LogP contribution >= 0.6 is 11.8 Å². The lowest BCUT2D eigenvalue weighted by Crippen LogP contribution is -2.48. The van der Waals surface area contributed by atoms with Crippen molar-refractivity contribution >= 4 is 23.5 Å². The van der Waals surface area contributed by atoms with E-state index >= 15 is 0 Å². The normalized spacial score (nSPS) is 16.1. The van der Waals surface area contributed by atoms with E-state index in [1.165, 1.54) is 15.5 Å². The van der Waals surface area contributed by atoms with Crippen LogP contribution in [0.3, 0.4) is 0 Å². The van der Waals surface area contributed by atoms with Gasteiger partial charge in [0.1, 0.15) is 0 Å². The fraction of sp³-hybridized carbons (Fsp3) is 0.417. The summed E-state index contributed by atoms with van der Waals surface area (Å²) >= 11 is 1.72. The largest absolute Gasteiger partial charge is 0.465 e. The van der Waals surface area contributed by atoms with Crippen LogP contribution in [-0.4, -0.2) is 48.5 Å². The lowest BCUT2D eigenvalue weighted by atomic mass is 10.2. The summed E-state index contributed by atoms with van der Waals surface area (Å²) < 4.78 is 0. The molecule has 17 heavy (non-hydrogen) atoms. The van der Waals surface area contributed by atoms with Crippen LogP contribution in [0.5, 0.6) is 0 Å². The molecule has 1 aliphatic heterocycles. The second-order valence-corrected chi connectivity index (χ2v) is 4.83.